The van der Waals surface area contributed by atoms with Crippen LogP contribution in [0.5, 0.6) is 0 Å². The van der Waals surface area contributed by atoms with Gasteiger partial charge in [-0.3, -0.25) is 4.79 Å². The van der Waals surface area contributed by atoms with E-state index in [2.05, 4.69) is 5.32 Å². The highest BCUT2D eigenvalue weighted by molar-refractivity contribution is 5.92. The van der Waals surface area contributed by atoms with Crippen LogP contribution in [0.3, 0.4) is 0 Å². The molecule has 0 bridgehead atoms. The molecule has 0 saturated heterocycles. The molecule has 0 radical (unpaired) electrons. The van der Waals surface area contributed by atoms with Crippen LogP contribution >= 0.6 is 0 Å². The summed E-state index contributed by atoms with van der Waals surface area (Å²) in [5, 5.41) is 12.4. The van der Waals surface area contributed by atoms with Gasteiger partial charge in [0, 0.05) is 13.0 Å². The lowest BCUT2D eigenvalue weighted by Crippen LogP contribution is -2.38. The van der Waals surface area contributed by atoms with Crippen LogP contribution in [-0.4, -0.2) is 24.1 Å². The molecule has 0 spiro atoms. The van der Waals surface area contributed by atoms with Gasteiger partial charge >= 0.3 is 6.09 Å². The maximum atomic E-state index is 12.0. The summed E-state index contributed by atoms with van der Waals surface area (Å²) >= 11 is 0. The summed E-state index contributed by atoms with van der Waals surface area (Å²) in [5.41, 5.74) is 0.325. The van der Waals surface area contributed by atoms with Gasteiger partial charge in [0.05, 0.1) is 17.3 Å². The summed E-state index contributed by atoms with van der Waals surface area (Å²) in [5.74, 6) is 5.45. The van der Waals surface area contributed by atoms with Crippen LogP contribution in [0.15, 0.2) is 24.3 Å². The summed E-state index contributed by atoms with van der Waals surface area (Å²) in [6.45, 7) is 5.64. The summed E-state index contributed by atoms with van der Waals surface area (Å²) in [6.07, 6.45) is 0.0866. The molecule has 124 valence electrons. The van der Waals surface area contributed by atoms with Crippen molar-refractivity contribution in [2.24, 2.45) is 5.84 Å². The van der Waals surface area contributed by atoms with Crippen LogP contribution in [0, 0.1) is 11.3 Å². The fraction of sp³-hybridized carbons (Fsp3) is 0.438. The van der Waals surface area contributed by atoms with E-state index < -0.39 is 11.7 Å². The number of nitrogens with one attached hydrogen (secondary N) is 1. The minimum atomic E-state index is -0.556. The number of ether oxygens (including phenoxy) is 1. The first-order chi connectivity index (χ1) is 10.7. The molecule has 1 aromatic carbocycles. The highest BCUT2D eigenvalue weighted by Crippen LogP contribution is 2.14. The van der Waals surface area contributed by atoms with Gasteiger partial charge in [0.1, 0.15) is 5.60 Å². The SMILES string of the molecule is CC(C)(C)OC(=O)NCCCC(=O)N(N)c1cccc(C#N)c1. The van der Waals surface area contributed by atoms with Crippen molar-refractivity contribution < 1.29 is 14.3 Å². The minimum Gasteiger partial charge on any atom is -0.444 e. The third-order valence-electron chi connectivity index (χ3n) is 2.76. The standard InChI is InChI=1S/C16H22N4O3/c1-16(2,3)23-15(22)19-9-5-8-14(21)20(18)13-7-4-6-12(10-13)11-17/h4,6-7,10H,5,8-9,18H2,1-3H3,(H,19,22). The smallest absolute Gasteiger partial charge is 0.407 e. The van der Waals surface area contributed by atoms with Gasteiger partial charge in [-0.1, -0.05) is 6.07 Å². The molecule has 0 atom stereocenters. The molecule has 1 aromatic rings. The molecular weight excluding hydrogens is 296 g/mol. The number of rotatable bonds is 5. The number of anilines is 1. The Labute approximate surface area is 136 Å². The van der Waals surface area contributed by atoms with Crippen molar-refractivity contribution in [1.82, 2.24) is 5.32 Å². The van der Waals surface area contributed by atoms with Crippen LogP contribution in [-0.2, 0) is 9.53 Å². The molecule has 0 aliphatic heterocycles. The van der Waals surface area contributed by atoms with Crippen LogP contribution in [0.2, 0.25) is 0 Å². The first-order valence-corrected chi connectivity index (χ1v) is 7.27. The lowest BCUT2D eigenvalue weighted by atomic mass is 10.2. The maximum Gasteiger partial charge on any atom is 0.407 e. The number of nitrogens with zero attached hydrogens (tertiary/aromatic N) is 2. The quantitative estimate of drug-likeness (QED) is 0.374. The molecule has 0 aliphatic rings. The van der Waals surface area contributed by atoms with Crippen molar-refractivity contribution in [3.63, 3.8) is 0 Å². The molecule has 1 rings (SSSR count). The van der Waals surface area contributed by atoms with Crippen molar-refractivity contribution >= 4 is 17.7 Å². The van der Waals surface area contributed by atoms with E-state index in [9.17, 15) is 9.59 Å². The lowest BCUT2D eigenvalue weighted by Gasteiger charge is -2.20. The average Bonchev–Trinajstić information content (AvgIpc) is 2.49. The van der Waals surface area contributed by atoms with E-state index in [0.29, 0.717) is 24.2 Å². The van der Waals surface area contributed by atoms with Crippen LogP contribution in [0.25, 0.3) is 0 Å². The molecule has 0 unspecified atom stereocenters. The number of nitriles is 1. The van der Waals surface area contributed by atoms with Gasteiger partial charge < -0.3 is 10.1 Å². The van der Waals surface area contributed by atoms with Gasteiger partial charge in [-0.05, 0) is 45.4 Å². The fourth-order valence-corrected chi connectivity index (χ4v) is 1.73. The lowest BCUT2D eigenvalue weighted by molar-refractivity contribution is -0.118. The van der Waals surface area contributed by atoms with E-state index in [1.54, 1.807) is 39.0 Å². The van der Waals surface area contributed by atoms with Crippen LogP contribution < -0.4 is 16.2 Å². The second-order valence-corrected chi connectivity index (χ2v) is 5.96. The zero-order valence-corrected chi connectivity index (χ0v) is 13.6. The van der Waals surface area contributed by atoms with E-state index >= 15 is 0 Å². The Morgan fingerprint density at radius 2 is 2.09 bits per heavy atom. The predicted molar refractivity (Wildman–Crippen MR) is 86.3 cm³/mol. The molecule has 0 aromatic heterocycles. The number of hydrogen-bond acceptors (Lipinski definition) is 5. The highest BCUT2D eigenvalue weighted by atomic mass is 16.6. The van der Waals surface area contributed by atoms with Crippen LogP contribution in [0.1, 0.15) is 39.2 Å². The number of carbonyl (C=O) groups excluding carboxylic acids is 2. The number of amides is 2. The zero-order valence-electron chi connectivity index (χ0n) is 13.6. The summed E-state index contributed by atoms with van der Waals surface area (Å²) in [6, 6.07) is 8.47. The fourth-order valence-electron chi connectivity index (χ4n) is 1.73. The number of alkyl carbamates (subject to hydrolysis) is 1. The van der Waals surface area contributed by atoms with Gasteiger partial charge in [-0.25, -0.2) is 15.6 Å². The molecule has 2 amide bonds. The van der Waals surface area contributed by atoms with Gasteiger partial charge in [0.2, 0.25) is 5.91 Å². The molecular formula is C16H22N4O3. The van der Waals surface area contributed by atoms with Crippen molar-refractivity contribution in [1.29, 1.82) is 5.26 Å². The topological polar surface area (TPSA) is 108 Å². The monoisotopic (exact) mass is 318 g/mol. The number of benzene rings is 1. The van der Waals surface area contributed by atoms with E-state index in [4.69, 9.17) is 15.8 Å². The van der Waals surface area contributed by atoms with Crippen molar-refractivity contribution in [2.45, 2.75) is 39.2 Å². The van der Waals surface area contributed by atoms with Gasteiger partial charge in [-0.15, -0.1) is 0 Å². The second-order valence-electron chi connectivity index (χ2n) is 5.96. The predicted octanol–water partition coefficient (Wildman–Crippen LogP) is 2.07. The molecule has 7 nitrogen and oxygen atoms in total. The number of carbonyl (C=O) groups is 2. The summed E-state index contributed by atoms with van der Waals surface area (Å²) in [4.78, 5) is 23.4. The van der Waals surface area contributed by atoms with Gasteiger partial charge in [0.15, 0.2) is 0 Å². The maximum absolute atomic E-state index is 12.0. The molecule has 7 heteroatoms. The van der Waals surface area contributed by atoms with Gasteiger partial charge in [0.25, 0.3) is 0 Å². The van der Waals surface area contributed by atoms with E-state index in [-0.39, 0.29) is 12.3 Å². The number of nitrogens with two attached hydrogens (primary N) is 1. The highest BCUT2D eigenvalue weighted by Gasteiger charge is 2.16. The van der Waals surface area contributed by atoms with E-state index in [0.717, 1.165) is 5.01 Å². The largest absolute Gasteiger partial charge is 0.444 e. The van der Waals surface area contributed by atoms with E-state index in [1.807, 2.05) is 6.07 Å². The first-order valence-electron chi connectivity index (χ1n) is 7.27. The Balaban J connectivity index is 2.39. The van der Waals surface area contributed by atoms with Crippen LogP contribution in [0.4, 0.5) is 10.5 Å². The Kier molecular flexibility index (Phi) is 6.54. The average molecular weight is 318 g/mol. The normalized spacial score (nSPS) is 10.6. The molecule has 0 heterocycles. The Morgan fingerprint density at radius 1 is 1.39 bits per heavy atom. The molecule has 0 saturated carbocycles. The van der Waals surface area contributed by atoms with Crippen molar-refractivity contribution in [3.8, 4) is 6.07 Å². The molecule has 3 N–H and O–H groups in total. The summed E-state index contributed by atoms with van der Waals surface area (Å²) < 4.78 is 5.09. The first kappa shape index (κ1) is 18.5. The Hall–Kier alpha value is -2.59. The third kappa shape index (κ3) is 6.80. The van der Waals surface area contributed by atoms with Gasteiger partial charge in [-0.2, -0.15) is 5.26 Å². The zero-order chi connectivity index (χ0) is 17.5. The Morgan fingerprint density at radius 3 is 2.70 bits per heavy atom. The number of hydrogen-bond donors (Lipinski definition) is 2. The molecule has 23 heavy (non-hydrogen) atoms. The summed E-state index contributed by atoms with van der Waals surface area (Å²) in [7, 11) is 0. The molecule has 0 aliphatic carbocycles. The third-order valence-corrected chi connectivity index (χ3v) is 2.76. The molecule has 0 fully saturated rings. The minimum absolute atomic E-state index is 0.170. The number of hydrazine groups is 1. The van der Waals surface area contributed by atoms with Crippen molar-refractivity contribution in [3.05, 3.63) is 29.8 Å². The van der Waals surface area contributed by atoms with Crippen molar-refractivity contribution in [2.75, 3.05) is 11.6 Å². The Bertz CT molecular complexity index is 602. The van der Waals surface area contributed by atoms with E-state index in [1.165, 1.54) is 6.07 Å². The second kappa shape index (κ2) is 8.15.